The van der Waals surface area contributed by atoms with Crippen LogP contribution in [-0.4, -0.2) is 53.8 Å². The van der Waals surface area contributed by atoms with Gasteiger partial charge in [-0.2, -0.15) is 13.2 Å². The Balaban J connectivity index is 1.50. The molecule has 0 aliphatic carbocycles. The normalized spacial score (nSPS) is 28.7. The van der Waals surface area contributed by atoms with Gasteiger partial charge in [0.05, 0.1) is 11.7 Å². The molecule has 2 aliphatic heterocycles. The van der Waals surface area contributed by atoms with Crippen molar-refractivity contribution in [3.8, 4) is 0 Å². The van der Waals surface area contributed by atoms with E-state index in [0.29, 0.717) is 13.1 Å². The van der Waals surface area contributed by atoms with Gasteiger partial charge in [0.15, 0.2) is 0 Å². The largest absolute Gasteiger partial charge is 0.416 e. The SMILES string of the molecule is CC(=O)NCCNC1N2C(NC(=O)Nc3cccc(C(F)(F)F)c3)C12C(C)N. The Morgan fingerprint density at radius 2 is 2.00 bits per heavy atom. The summed E-state index contributed by atoms with van der Waals surface area (Å²) in [5.41, 5.74) is 4.86. The zero-order valence-electron chi connectivity index (χ0n) is 15.4. The molecule has 6 N–H and O–H groups in total. The maximum Gasteiger partial charge on any atom is 0.416 e. The zero-order chi connectivity index (χ0) is 20.7. The Morgan fingerprint density at radius 1 is 1.29 bits per heavy atom. The van der Waals surface area contributed by atoms with E-state index in [0.717, 1.165) is 12.1 Å². The molecule has 2 fully saturated rings. The number of rotatable bonds is 7. The lowest BCUT2D eigenvalue weighted by Crippen LogP contribution is -2.52. The topological polar surface area (TPSA) is 111 Å². The molecule has 0 aromatic heterocycles. The fourth-order valence-corrected chi connectivity index (χ4v) is 3.59. The van der Waals surface area contributed by atoms with E-state index in [1.807, 2.05) is 11.8 Å². The van der Waals surface area contributed by atoms with Gasteiger partial charge in [0.1, 0.15) is 11.7 Å². The molecule has 5 unspecified atom stereocenters. The molecule has 0 bridgehead atoms. The van der Waals surface area contributed by atoms with E-state index in [-0.39, 0.29) is 30.0 Å². The number of anilines is 1. The van der Waals surface area contributed by atoms with Crippen LogP contribution in [0.4, 0.5) is 23.7 Å². The second-order valence-electron chi connectivity index (χ2n) is 7.00. The van der Waals surface area contributed by atoms with Crippen molar-refractivity contribution in [3.63, 3.8) is 0 Å². The molecule has 5 atom stereocenters. The molecule has 2 saturated heterocycles. The molecule has 28 heavy (non-hydrogen) atoms. The van der Waals surface area contributed by atoms with Crippen LogP contribution in [0.15, 0.2) is 24.3 Å². The highest BCUT2D eigenvalue weighted by Gasteiger charge is 2.87. The van der Waals surface area contributed by atoms with Gasteiger partial charge in [-0.25, -0.2) is 4.79 Å². The van der Waals surface area contributed by atoms with Gasteiger partial charge in [-0.1, -0.05) is 6.07 Å². The van der Waals surface area contributed by atoms with Crippen LogP contribution in [0.25, 0.3) is 0 Å². The van der Waals surface area contributed by atoms with E-state index in [1.54, 1.807) is 0 Å². The second kappa shape index (κ2) is 7.22. The Kier molecular flexibility index (Phi) is 5.26. The molecule has 11 heteroatoms. The lowest BCUT2D eigenvalue weighted by atomic mass is 10.0. The minimum absolute atomic E-state index is 0.0138. The number of halogens is 3. The monoisotopic (exact) mass is 400 g/mol. The highest BCUT2D eigenvalue weighted by Crippen LogP contribution is 2.62. The molecule has 8 nitrogen and oxygen atoms in total. The van der Waals surface area contributed by atoms with Gasteiger partial charge in [0.25, 0.3) is 0 Å². The molecule has 3 amide bonds. The number of carbonyl (C=O) groups excluding carboxylic acids is 2. The van der Waals surface area contributed by atoms with Crippen LogP contribution in [-0.2, 0) is 11.0 Å². The second-order valence-corrected chi connectivity index (χ2v) is 7.00. The van der Waals surface area contributed by atoms with Crippen molar-refractivity contribution in [2.45, 2.75) is 43.9 Å². The average Bonchev–Trinajstić information content (AvgIpc) is 3.45. The summed E-state index contributed by atoms with van der Waals surface area (Å²) in [5, 5.41) is 11.1. The molecular weight excluding hydrogens is 377 g/mol. The fraction of sp³-hybridized carbons (Fsp3) is 0.529. The van der Waals surface area contributed by atoms with Crippen molar-refractivity contribution in [2.75, 3.05) is 18.4 Å². The third-order valence-corrected chi connectivity index (χ3v) is 5.03. The summed E-state index contributed by atoms with van der Waals surface area (Å²) in [6.45, 7) is 4.29. The number of fused-ring (bicyclic) bond motifs is 1. The van der Waals surface area contributed by atoms with E-state index in [1.165, 1.54) is 19.1 Å². The summed E-state index contributed by atoms with van der Waals surface area (Å²) in [5.74, 6) is -0.115. The number of alkyl halides is 3. The molecule has 0 saturated carbocycles. The number of urea groups is 1. The van der Waals surface area contributed by atoms with E-state index in [2.05, 4.69) is 21.3 Å². The van der Waals surface area contributed by atoms with Gasteiger partial charge < -0.3 is 21.7 Å². The van der Waals surface area contributed by atoms with Crippen LogP contribution >= 0.6 is 0 Å². The summed E-state index contributed by atoms with van der Waals surface area (Å²) in [6.07, 6.45) is -4.79. The smallest absolute Gasteiger partial charge is 0.355 e. The predicted octanol–water partition coefficient (Wildman–Crippen LogP) is 0.620. The molecular formula is C17H23F3N6O2. The first-order valence-electron chi connectivity index (χ1n) is 8.85. The summed E-state index contributed by atoms with van der Waals surface area (Å²) in [4.78, 5) is 25.0. The van der Waals surface area contributed by atoms with Gasteiger partial charge in [0.2, 0.25) is 5.91 Å². The summed E-state index contributed by atoms with van der Waals surface area (Å²) >= 11 is 0. The molecule has 1 aromatic carbocycles. The van der Waals surface area contributed by atoms with E-state index >= 15 is 0 Å². The van der Waals surface area contributed by atoms with Crippen molar-refractivity contribution in [1.82, 2.24) is 20.9 Å². The molecule has 2 heterocycles. The zero-order valence-corrected chi connectivity index (χ0v) is 15.4. The molecule has 0 radical (unpaired) electrons. The van der Waals surface area contributed by atoms with Crippen LogP contribution in [0.1, 0.15) is 19.4 Å². The molecule has 1 aromatic rings. The lowest BCUT2D eigenvalue weighted by molar-refractivity contribution is -0.137. The Bertz CT molecular complexity index is 772. The third kappa shape index (κ3) is 3.77. The standard InChI is InChI=1S/C17H23F3N6O2/c1-9(21)16-13(23-7-6-22-10(2)27)26(16)14(16)25-15(28)24-12-5-3-4-11(8-12)17(18,19)20/h3-5,8-9,13-14,23H,6-7,21H2,1-2H3,(H,22,27)(H2,24,25,28). The van der Waals surface area contributed by atoms with Gasteiger partial charge in [-0.15, -0.1) is 0 Å². The highest BCUT2D eigenvalue weighted by molar-refractivity contribution is 5.90. The summed E-state index contributed by atoms with van der Waals surface area (Å²) < 4.78 is 38.3. The first-order valence-corrected chi connectivity index (χ1v) is 8.85. The van der Waals surface area contributed by atoms with E-state index < -0.39 is 23.3 Å². The van der Waals surface area contributed by atoms with Crippen molar-refractivity contribution >= 4 is 17.6 Å². The van der Waals surface area contributed by atoms with Crippen LogP contribution in [0.5, 0.6) is 0 Å². The van der Waals surface area contributed by atoms with Crippen LogP contribution < -0.4 is 27.0 Å². The number of carbonyl (C=O) groups is 2. The number of hydrogen-bond acceptors (Lipinski definition) is 5. The van der Waals surface area contributed by atoms with Crippen LogP contribution in [0.3, 0.4) is 0 Å². The minimum atomic E-state index is -4.48. The van der Waals surface area contributed by atoms with Gasteiger partial charge in [0, 0.05) is 31.7 Å². The maximum absolute atomic E-state index is 12.8. The van der Waals surface area contributed by atoms with Crippen molar-refractivity contribution in [2.24, 2.45) is 5.73 Å². The number of nitrogens with zero attached hydrogens (tertiary/aromatic N) is 1. The predicted molar refractivity (Wildman–Crippen MR) is 96.1 cm³/mol. The Hall–Kier alpha value is -2.37. The first kappa shape index (κ1) is 20.4. The van der Waals surface area contributed by atoms with Gasteiger partial charge in [-0.05, 0) is 25.1 Å². The molecule has 154 valence electrons. The van der Waals surface area contributed by atoms with E-state index in [9.17, 15) is 22.8 Å². The van der Waals surface area contributed by atoms with Crippen molar-refractivity contribution < 1.29 is 22.8 Å². The summed E-state index contributed by atoms with van der Waals surface area (Å²) in [7, 11) is 0. The number of nitrogens with two attached hydrogens (primary N) is 1. The molecule has 2 aliphatic rings. The number of nitrogens with one attached hydrogen (secondary N) is 4. The number of amides is 3. The van der Waals surface area contributed by atoms with Gasteiger partial charge >= 0.3 is 12.2 Å². The van der Waals surface area contributed by atoms with Crippen molar-refractivity contribution in [1.29, 1.82) is 0 Å². The van der Waals surface area contributed by atoms with Crippen molar-refractivity contribution in [3.05, 3.63) is 29.8 Å². The lowest BCUT2D eigenvalue weighted by Gasteiger charge is -2.21. The number of hydrogen-bond donors (Lipinski definition) is 5. The summed E-state index contributed by atoms with van der Waals surface area (Å²) in [6, 6.07) is 3.60. The third-order valence-electron chi connectivity index (χ3n) is 5.03. The van der Waals surface area contributed by atoms with Crippen LogP contribution in [0, 0.1) is 0 Å². The average molecular weight is 400 g/mol. The van der Waals surface area contributed by atoms with E-state index in [4.69, 9.17) is 5.73 Å². The quantitative estimate of drug-likeness (QED) is 0.340. The highest BCUT2D eigenvalue weighted by atomic mass is 19.4. The molecule has 0 spiro atoms. The Labute approximate surface area is 160 Å². The Morgan fingerprint density at radius 3 is 2.57 bits per heavy atom. The first-order chi connectivity index (χ1) is 13.1. The minimum Gasteiger partial charge on any atom is -0.355 e. The van der Waals surface area contributed by atoms with Crippen LogP contribution in [0.2, 0.25) is 0 Å². The van der Waals surface area contributed by atoms with Gasteiger partial charge in [-0.3, -0.25) is 15.0 Å². The molecule has 3 rings (SSSR count). The fourth-order valence-electron chi connectivity index (χ4n) is 3.59. The number of benzene rings is 1. The maximum atomic E-state index is 12.8.